The molecule has 0 aliphatic rings. The van der Waals surface area contributed by atoms with Gasteiger partial charge in [-0.1, -0.05) is 0 Å². The predicted molar refractivity (Wildman–Crippen MR) is 0 cm³/mol. The second-order valence-electron chi connectivity index (χ2n) is 0. The van der Waals surface area contributed by atoms with Crippen LogP contribution in [-0.2, 0) is 21.1 Å². The van der Waals surface area contributed by atoms with E-state index in [1.54, 1.807) is 0 Å². The quantitative estimate of drug-likeness (QED) is 0.315. The number of rotatable bonds is 0. The summed E-state index contributed by atoms with van der Waals surface area (Å²) in [5, 5.41) is 0. The van der Waals surface area contributed by atoms with Gasteiger partial charge in [0.15, 0.2) is 0 Å². The van der Waals surface area contributed by atoms with Crippen LogP contribution in [0.3, 0.4) is 0 Å². The third kappa shape index (κ3) is 107. The van der Waals surface area contributed by atoms with E-state index in [4.69, 9.17) is 0 Å². The first-order chi connectivity index (χ1) is 0. The van der Waals surface area contributed by atoms with Crippen LogP contribution in [0.2, 0.25) is 0 Å². The monoisotopic (exact) mass is 462 g/mol. The maximum absolute atomic E-state index is 0. The minimum absolute atomic E-state index is 0. The molecule has 59 valence electrons. The van der Waals surface area contributed by atoms with E-state index < -0.39 is 0 Å². The first kappa shape index (κ1) is 225. The van der Waals surface area contributed by atoms with Crippen LogP contribution in [0.4, 0.5) is 0 Å². The molecule has 1 radical (unpaired) electrons. The van der Waals surface area contributed by atoms with Crippen molar-refractivity contribution in [2.75, 3.05) is 0 Å². The Bertz CT molecular complexity index is 8.49. The van der Waals surface area contributed by atoms with E-state index >= 15 is 0 Å². The van der Waals surface area contributed by atoms with Gasteiger partial charge in [-0.2, -0.15) is 0 Å². The number of hydrogen-bond acceptors (Lipinski definition) is 0. The summed E-state index contributed by atoms with van der Waals surface area (Å²) in [5.41, 5.74) is 0. The molecule has 0 N–H and O–H groups in total. The van der Waals surface area contributed by atoms with E-state index in [1.165, 1.54) is 0 Å². The van der Waals surface area contributed by atoms with Gasteiger partial charge in [0.25, 0.3) is 0 Å². The maximum Gasteiger partial charge on any atom is 4.00 e. The third-order valence-electron chi connectivity index (χ3n) is 0. The Kier molecular flexibility index (Phi) is 4470. The van der Waals surface area contributed by atoms with E-state index in [9.17, 15) is 0 Å². The van der Waals surface area contributed by atoms with E-state index in [-0.39, 0.29) is 98.7 Å². The summed E-state index contributed by atoms with van der Waals surface area (Å²) in [6, 6.07) is 0. The molecule has 0 atom stereocenters. The van der Waals surface area contributed by atoms with E-state index in [2.05, 4.69) is 0 Å². The Morgan fingerprint density at radius 1 is 0.375 bits per heavy atom. The Morgan fingerprint density at radius 3 is 0.375 bits per heavy atom. The fraction of sp³-hybridized carbons (Fsp3) is 0. The summed E-state index contributed by atoms with van der Waals surface area (Å²) < 4.78 is 0. The van der Waals surface area contributed by atoms with Crippen LogP contribution >= 0.6 is 0 Å². The summed E-state index contributed by atoms with van der Waals surface area (Å²) in [5.74, 6) is 0. The largest absolute Gasteiger partial charge is 4.00 e. The van der Waals surface area contributed by atoms with Crippen molar-refractivity contribution in [2.24, 2.45) is 0 Å². The first-order valence-corrected chi connectivity index (χ1v) is 0. The van der Waals surface area contributed by atoms with Crippen molar-refractivity contribution >= 4 is 0 Å². The summed E-state index contributed by atoms with van der Waals surface area (Å²) >= 11 is 0. The van der Waals surface area contributed by atoms with Crippen LogP contribution in [0.1, 0.15) is 0 Å². The molecule has 0 fully saturated rings. The molecule has 8 heavy (non-hydrogen) atoms. The SMILES string of the molecule is [Eu+2].[F-].[F-].[F-].[F-].[F-].[F-].[Pt+4]. The van der Waals surface area contributed by atoms with Gasteiger partial charge in [-0.15, -0.1) is 0 Å². The molecule has 0 saturated carbocycles. The van der Waals surface area contributed by atoms with Crippen molar-refractivity contribution in [3.05, 3.63) is 0 Å². The van der Waals surface area contributed by atoms with Crippen LogP contribution in [0, 0.1) is 49.4 Å². The molecule has 0 rings (SSSR count). The van der Waals surface area contributed by atoms with Crippen LogP contribution < -0.4 is 28.2 Å². The Balaban J connectivity index is 0. The zero-order valence-corrected chi connectivity index (χ0v) is 7.66. The zero-order chi connectivity index (χ0) is 0. The molecule has 8 heteroatoms. The van der Waals surface area contributed by atoms with Gasteiger partial charge in [-0.05, 0) is 0 Å². The predicted octanol–water partition coefficient (Wildman–Crippen LogP) is -18.0. The van der Waals surface area contributed by atoms with Gasteiger partial charge in [0.05, 0.1) is 0 Å². The van der Waals surface area contributed by atoms with Crippen LogP contribution in [0.5, 0.6) is 0 Å². The Labute approximate surface area is 97.2 Å². The summed E-state index contributed by atoms with van der Waals surface area (Å²) in [6.45, 7) is 0. The molecule has 0 amide bonds. The van der Waals surface area contributed by atoms with Crippen molar-refractivity contribution in [3.8, 4) is 0 Å². The van der Waals surface area contributed by atoms with Gasteiger partial charge < -0.3 is 28.2 Å². The summed E-state index contributed by atoms with van der Waals surface area (Å²) in [4.78, 5) is 0. The smallest absolute Gasteiger partial charge is 1.00 e. The Hall–Kier alpha value is 1.85. The average Bonchev–Trinajstić information content (AvgIpc) is 0. The Morgan fingerprint density at radius 2 is 0.375 bits per heavy atom. The molecule has 0 aliphatic heterocycles. The summed E-state index contributed by atoms with van der Waals surface area (Å²) in [6.07, 6.45) is 0. The fourth-order valence-electron chi connectivity index (χ4n) is 0. The first-order valence-electron chi connectivity index (χ1n) is 0. The molecule has 0 saturated heterocycles. The molecular weight excluding hydrogens is 461 g/mol. The molecule has 0 aromatic rings. The number of halogens is 6. The fourth-order valence-corrected chi connectivity index (χ4v) is 0. The molecular formula is EuF6Pt. The van der Waals surface area contributed by atoms with Crippen LogP contribution in [-0.4, -0.2) is 0 Å². The molecule has 0 nitrogen and oxygen atoms in total. The van der Waals surface area contributed by atoms with Gasteiger partial charge in [-0.3, -0.25) is 0 Å². The van der Waals surface area contributed by atoms with Crippen molar-refractivity contribution in [1.29, 1.82) is 0 Å². The average molecular weight is 461 g/mol. The number of hydrogen-bond donors (Lipinski definition) is 0. The van der Waals surface area contributed by atoms with Crippen LogP contribution in [0.25, 0.3) is 0 Å². The van der Waals surface area contributed by atoms with Crippen molar-refractivity contribution in [3.63, 3.8) is 0 Å². The van der Waals surface area contributed by atoms with Gasteiger partial charge in [-0.25, -0.2) is 0 Å². The minimum Gasteiger partial charge on any atom is -1.00 e. The van der Waals surface area contributed by atoms with Gasteiger partial charge in [0, 0.05) is 0 Å². The minimum atomic E-state index is 0. The van der Waals surface area contributed by atoms with Crippen molar-refractivity contribution in [1.82, 2.24) is 0 Å². The van der Waals surface area contributed by atoms with E-state index in [1.807, 2.05) is 0 Å². The van der Waals surface area contributed by atoms with Crippen molar-refractivity contribution in [2.45, 2.75) is 0 Å². The third-order valence-corrected chi connectivity index (χ3v) is 0. The van der Waals surface area contributed by atoms with Crippen molar-refractivity contribution < 1.29 is 98.7 Å². The molecule has 0 unspecified atom stereocenters. The van der Waals surface area contributed by atoms with Gasteiger partial charge in [0.2, 0.25) is 0 Å². The van der Waals surface area contributed by atoms with Gasteiger partial charge in [0.1, 0.15) is 0 Å². The zero-order valence-electron chi connectivity index (χ0n) is 2.96. The molecule has 0 aromatic carbocycles. The second-order valence-corrected chi connectivity index (χ2v) is 0. The standard InChI is InChI=1S/Eu.6FH.Pt/h;6*1H;/q+2;;;;;;;+4/p-6. The maximum atomic E-state index is 0. The summed E-state index contributed by atoms with van der Waals surface area (Å²) in [7, 11) is 0. The molecule has 0 bridgehead atoms. The second kappa shape index (κ2) is 159. The topological polar surface area (TPSA) is 0 Å². The van der Waals surface area contributed by atoms with E-state index in [0.29, 0.717) is 0 Å². The normalized spacial score (nSPS) is 0. The molecule has 0 aromatic heterocycles. The molecule has 0 heterocycles. The van der Waals surface area contributed by atoms with E-state index in [0.717, 1.165) is 0 Å². The van der Waals surface area contributed by atoms with Crippen LogP contribution in [0.15, 0.2) is 0 Å². The molecule has 0 aliphatic carbocycles. The van der Waals surface area contributed by atoms with Gasteiger partial charge >= 0.3 is 70.4 Å². The molecule has 0 spiro atoms.